The van der Waals surface area contributed by atoms with Gasteiger partial charge in [0.1, 0.15) is 36.3 Å². The maximum Gasteiger partial charge on any atom is 0.326 e. The molecule has 0 aliphatic carbocycles. The highest BCUT2D eigenvalue weighted by molar-refractivity contribution is 7.81. The van der Waals surface area contributed by atoms with Crippen molar-refractivity contribution in [1.82, 2.24) is 42.1 Å². The van der Waals surface area contributed by atoms with Crippen molar-refractivity contribution in [3.05, 3.63) is 48.0 Å². The molecule has 368 valence electrons. The summed E-state index contributed by atoms with van der Waals surface area (Å²) in [6, 6.07) is 3.33. The fourth-order valence-electron chi connectivity index (χ4n) is 6.99. The van der Waals surface area contributed by atoms with Gasteiger partial charge in [-0.15, -0.1) is 0 Å². The SMILES string of the molecule is O=C(O)CCC(NC(=O)NC(CCCCNC(=O)C(Cc1ccc2ccccc2c1)NC(=O)C1CCN(C(=O)C(CO)NC(=O)C(CO)NC(=O)C(CO)NC(=O)CS)CC1)C(=O)O)C(=O)O. The van der Waals surface area contributed by atoms with Crippen LogP contribution < -0.4 is 37.2 Å². The second kappa shape index (κ2) is 27.8. The zero-order valence-electron chi connectivity index (χ0n) is 36.3. The van der Waals surface area contributed by atoms with Crippen molar-refractivity contribution >= 4 is 82.8 Å². The number of likely N-dealkylation sites (tertiary alicyclic amines) is 1. The molecular formula is C42H58N8O16S. The molecule has 1 aliphatic rings. The van der Waals surface area contributed by atoms with Crippen molar-refractivity contribution in [3.8, 4) is 0 Å². The number of hydrogen-bond donors (Lipinski definition) is 14. The second-order valence-electron chi connectivity index (χ2n) is 15.6. The van der Waals surface area contributed by atoms with Crippen LogP contribution in [0.25, 0.3) is 10.8 Å². The summed E-state index contributed by atoms with van der Waals surface area (Å²) >= 11 is 3.77. The molecule has 0 spiro atoms. The summed E-state index contributed by atoms with van der Waals surface area (Å²) in [4.78, 5) is 126. The van der Waals surface area contributed by atoms with Crippen LogP contribution in [-0.4, -0.2) is 176 Å². The lowest BCUT2D eigenvalue weighted by molar-refractivity contribution is -0.141. The van der Waals surface area contributed by atoms with E-state index in [0.29, 0.717) is 0 Å². The van der Waals surface area contributed by atoms with E-state index in [1.165, 1.54) is 4.90 Å². The summed E-state index contributed by atoms with van der Waals surface area (Å²) in [6.07, 6.45) is -0.301. The van der Waals surface area contributed by atoms with Gasteiger partial charge in [-0.25, -0.2) is 14.4 Å². The molecule has 0 aromatic heterocycles. The van der Waals surface area contributed by atoms with Crippen LogP contribution in [-0.2, 0) is 49.6 Å². The highest BCUT2D eigenvalue weighted by Crippen LogP contribution is 2.20. The number of nitrogens with one attached hydrogen (secondary N) is 7. The van der Waals surface area contributed by atoms with Crippen LogP contribution in [0.2, 0.25) is 0 Å². The van der Waals surface area contributed by atoms with Crippen LogP contribution in [0.1, 0.15) is 50.5 Å². The zero-order valence-corrected chi connectivity index (χ0v) is 37.2. The Bertz CT molecular complexity index is 2090. The van der Waals surface area contributed by atoms with E-state index in [-0.39, 0.29) is 63.9 Å². The number of carbonyl (C=O) groups is 10. The predicted octanol–water partition coefficient (Wildman–Crippen LogP) is -3.18. The number of nitrogens with zero attached hydrogens (tertiary/aromatic N) is 1. The first kappa shape index (κ1) is 54.8. The molecule has 1 saturated heterocycles. The number of rotatable bonds is 27. The average Bonchev–Trinajstić information content (AvgIpc) is 3.31. The van der Waals surface area contributed by atoms with E-state index < -0.39 is 134 Å². The number of carbonyl (C=O) groups excluding carboxylic acids is 7. The number of urea groups is 1. The van der Waals surface area contributed by atoms with Gasteiger partial charge in [0.25, 0.3) is 0 Å². The number of fused-ring (bicyclic) bond motifs is 1. The number of hydrogen-bond acceptors (Lipinski definition) is 14. The average molecular weight is 963 g/mol. The molecule has 1 fully saturated rings. The Morgan fingerprint density at radius 2 is 1.19 bits per heavy atom. The van der Waals surface area contributed by atoms with Gasteiger partial charge in [-0.05, 0) is 54.9 Å². The largest absolute Gasteiger partial charge is 0.481 e. The number of aliphatic carboxylic acids is 3. The standard InChI is InChI=1S/C42H58N8O16S/c51-19-30(44-33(54)22-67)37(59)46-31(20-52)38(60)47-32(21-53)39(61)50-15-12-25(13-16-50)35(57)45-29(18-23-8-9-24-5-1-2-6-26(24)17-23)36(58)43-14-4-3-7-27(40(62)63)48-42(66)49-28(41(64)65)10-11-34(55)56/h1-2,5-6,8-9,17,25,27-32,51-53,67H,3-4,7,10-16,18-22H2,(H,43,58)(H,44,54)(H,45,57)(H,46,59)(H,47,60)(H,55,56)(H,62,63)(H,64,65)(H2,48,49,66). The molecule has 1 heterocycles. The Hall–Kier alpha value is -6.57. The molecule has 0 saturated carbocycles. The highest BCUT2D eigenvalue weighted by Gasteiger charge is 2.35. The monoisotopic (exact) mass is 962 g/mol. The Morgan fingerprint density at radius 1 is 0.627 bits per heavy atom. The molecule has 2 aromatic carbocycles. The topological polar surface area (TPSA) is 380 Å². The van der Waals surface area contributed by atoms with Crippen LogP contribution >= 0.6 is 12.6 Å². The Morgan fingerprint density at radius 3 is 1.76 bits per heavy atom. The van der Waals surface area contributed by atoms with Gasteiger partial charge in [0.05, 0.1) is 25.6 Å². The van der Waals surface area contributed by atoms with Crippen LogP contribution in [0, 0.1) is 5.92 Å². The molecule has 8 amide bonds. The van der Waals surface area contributed by atoms with Crippen LogP contribution in [0.15, 0.2) is 42.5 Å². The van der Waals surface area contributed by atoms with Crippen LogP contribution in [0.4, 0.5) is 4.79 Å². The van der Waals surface area contributed by atoms with Gasteiger partial charge in [0, 0.05) is 38.4 Å². The Kier molecular flexibility index (Phi) is 22.7. The molecule has 1 aliphatic heterocycles. The van der Waals surface area contributed by atoms with Gasteiger partial charge in [0.15, 0.2) is 0 Å². The lowest BCUT2D eigenvalue weighted by Gasteiger charge is -2.34. The van der Waals surface area contributed by atoms with Crippen LogP contribution in [0.5, 0.6) is 0 Å². The third-order valence-electron chi connectivity index (χ3n) is 10.7. The lowest BCUT2D eigenvalue weighted by atomic mass is 9.94. The number of benzene rings is 2. The van der Waals surface area contributed by atoms with Gasteiger partial charge < -0.3 is 72.8 Å². The summed E-state index contributed by atoms with van der Waals surface area (Å²) in [5.74, 6) is -9.62. The van der Waals surface area contributed by atoms with Crippen LogP contribution in [0.3, 0.4) is 0 Å². The molecule has 6 atom stereocenters. The molecule has 24 nitrogen and oxygen atoms in total. The van der Waals surface area contributed by atoms with Crippen molar-refractivity contribution < 1.29 is 78.6 Å². The molecule has 3 rings (SSSR count). The summed E-state index contributed by atoms with van der Waals surface area (Å²) in [5.41, 5.74) is 0.731. The summed E-state index contributed by atoms with van der Waals surface area (Å²) in [6.45, 7) is -2.54. The van der Waals surface area contributed by atoms with E-state index in [2.05, 4.69) is 49.8 Å². The zero-order chi connectivity index (χ0) is 49.6. The number of piperidine rings is 1. The van der Waals surface area contributed by atoms with Gasteiger partial charge >= 0.3 is 23.9 Å². The molecule has 25 heteroatoms. The van der Waals surface area contributed by atoms with Crippen molar-refractivity contribution in [2.24, 2.45) is 5.92 Å². The van der Waals surface area contributed by atoms with Gasteiger partial charge in [0.2, 0.25) is 35.4 Å². The van der Waals surface area contributed by atoms with Crippen molar-refractivity contribution in [1.29, 1.82) is 0 Å². The predicted molar refractivity (Wildman–Crippen MR) is 238 cm³/mol. The number of carboxylic acids is 3. The molecular weight excluding hydrogens is 905 g/mol. The fraction of sp³-hybridized carbons (Fsp3) is 0.524. The number of aliphatic hydroxyl groups is 3. The minimum atomic E-state index is -1.63. The lowest BCUT2D eigenvalue weighted by Crippen LogP contribution is -2.60. The van der Waals surface area contributed by atoms with Gasteiger partial charge in [-0.1, -0.05) is 42.5 Å². The number of aliphatic hydroxyl groups excluding tert-OH is 3. The molecule has 2 aromatic rings. The summed E-state index contributed by atoms with van der Waals surface area (Å²) in [7, 11) is 0. The first-order valence-electron chi connectivity index (χ1n) is 21.3. The maximum atomic E-state index is 13.7. The van der Waals surface area contributed by atoms with Crippen molar-refractivity contribution in [2.75, 3.05) is 45.2 Å². The van der Waals surface area contributed by atoms with Crippen molar-refractivity contribution in [2.45, 2.75) is 87.6 Å². The Balaban J connectivity index is 1.59. The molecule has 6 unspecified atom stereocenters. The third kappa shape index (κ3) is 18.0. The first-order chi connectivity index (χ1) is 31.9. The quantitative estimate of drug-likeness (QED) is 0.0310. The van der Waals surface area contributed by atoms with E-state index in [0.717, 1.165) is 16.3 Å². The third-order valence-corrected chi connectivity index (χ3v) is 11.0. The molecule has 67 heavy (non-hydrogen) atoms. The van der Waals surface area contributed by atoms with E-state index in [9.17, 15) is 73.5 Å². The number of unbranched alkanes of at least 4 members (excludes halogenated alkanes) is 1. The molecule has 13 N–H and O–H groups in total. The second-order valence-corrected chi connectivity index (χ2v) is 15.9. The van der Waals surface area contributed by atoms with E-state index in [1.807, 2.05) is 42.5 Å². The van der Waals surface area contributed by atoms with E-state index in [1.54, 1.807) is 0 Å². The van der Waals surface area contributed by atoms with E-state index in [4.69, 9.17) is 5.11 Å². The highest BCUT2D eigenvalue weighted by atomic mass is 32.1. The maximum absolute atomic E-state index is 13.7. The number of amides is 8. The number of carboxylic acid groups (broad SMARTS) is 3. The molecule has 0 bridgehead atoms. The molecule has 0 radical (unpaired) electrons. The Labute approximate surface area is 389 Å². The minimum Gasteiger partial charge on any atom is -0.481 e. The normalized spacial score (nSPS) is 15.3. The van der Waals surface area contributed by atoms with E-state index >= 15 is 0 Å². The summed E-state index contributed by atoms with van der Waals surface area (Å²) < 4.78 is 0. The fourth-order valence-corrected chi connectivity index (χ4v) is 7.08. The van der Waals surface area contributed by atoms with Gasteiger partial charge in [-0.2, -0.15) is 12.6 Å². The smallest absolute Gasteiger partial charge is 0.326 e. The number of thiol groups is 1. The minimum absolute atomic E-state index is 0.0206. The first-order valence-corrected chi connectivity index (χ1v) is 22.0. The van der Waals surface area contributed by atoms with Gasteiger partial charge in [-0.3, -0.25) is 33.6 Å². The van der Waals surface area contributed by atoms with Crippen molar-refractivity contribution in [3.63, 3.8) is 0 Å². The summed E-state index contributed by atoms with van der Waals surface area (Å²) in [5, 5.41) is 75.3.